The molecule has 0 unspecified atom stereocenters. The minimum Gasteiger partial charge on any atom is -0.355 e. The zero-order valence-electron chi connectivity index (χ0n) is 10.2. The van der Waals surface area contributed by atoms with E-state index in [4.69, 9.17) is 0 Å². The number of carbonyl (C=O) groups is 1. The molecule has 0 atom stereocenters. The molecule has 1 amide bonds. The quantitative estimate of drug-likeness (QED) is 0.744. The SMILES string of the molecule is CNC(=O)c1ccncc1-n1cc2cccnc2n1. The molecule has 3 aromatic rings. The summed E-state index contributed by atoms with van der Waals surface area (Å²) in [6, 6.07) is 5.42. The van der Waals surface area contributed by atoms with E-state index in [2.05, 4.69) is 20.4 Å². The average molecular weight is 253 g/mol. The summed E-state index contributed by atoms with van der Waals surface area (Å²) < 4.78 is 1.62. The van der Waals surface area contributed by atoms with Crippen LogP contribution < -0.4 is 5.32 Å². The molecule has 0 saturated carbocycles. The fourth-order valence-corrected chi connectivity index (χ4v) is 1.88. The largest absolute Gasteiger partial charge is 0.355 e. The number of nitrogens with one attached hydrogen (secondary N) is 1. The Morgan fingerprint density at radius 1 is 1.32 bits per heavy atom. The Kier molecular flexibility index (Phi) is 2.68. The molecule has 19 heavy (non-hydrogen) atoms. The number of carbonyl (C=O) groups excluding carboxylic acids is 1. The first-order valence-electron chi connectivity index (χ1n) is 5.76. The van der Waals surface area contributed by atoms with Gasteiger partial charge in [-0.3, -0.25) is 9.78 Å². The number of fused-ring (bicyclic) bond motifs is 1. The lowest BCUT2D eigenvalue weighted by Gasteiger charge is -2.06. The maximum Gasteiger partial charge on any atom is 0.253 e. The van der Waals surface area contributed by atoms with Crippen LogP contribution in [0.3, 0.4) is 0 Å². The van der Waals surface area contributed by atoms with E-state index in [-0.39, 0.29) is 5.91 Å². The van der Waals surface area contributed by atoms with Crippen molar-refractivity contribution in [3.05, 3.63) is 48.5 Å². The van der Waals surface area contributed by atoms with Crippen molar-refractivity contribution >= 4 is 16.9 Å². The monoisotopic (exact) mass is 253 g/mol. The number of nitrogens with zero attached hydrogens (tertiary/aromatic N) is 4. The third-order valence-electron chi connectivity index (χ3n) is 2.80. The maximum absolute atomic E-state index is 11.8. The number of pyridine rings is 2. The lowest BCUT2D eigenvalue weighted by atomic mass is 10.2. The predicted octanol–water partition coefficient (Wildman–Crippen LogP) is 1.18. The van der Waals surface area contributed by atoms with Crippen LogP contribution in [0.4, 0.5) is 0 Å². The number of hydrogen-bond acceptors (Lipinski definition) is 4. The molecule has 6 nitrogen and oxygen atoms in total. The first kappa shape index (κ1) is 11.3. The maximum atomic E-state index is 11.8. The highest BCUT2D eigenvalue weighted by Crippen LogP contribution is 2.16. The topological polar surface area (TPSA) is 72.7 Å². The van der Waals surface area contributed by atoms with E-state index < -0.39 is 0 Å². The van der Waals surface area contributed by atoms with Gasteiger partial charge in [0.1, 0.15) is 0 Å². The van der Waals surface area contributed by atoms with Crippen molar-refractivity contribution in [1.82, 2.24) is 25.1 Å². The Morgan fingerprint density at radius 3 is 3.00 bits per heavy atom. The molecule has 0 aliphatic carbocycles. The van der Waals surface area contributed by atoms with Crippen molar-refractivity contribution in [3.63, 3.8) is 0 Å². The third kappa shape index (κ3) is 1.93. The van der Waals surface area contributed by atoms with Gasteiger partial charge in [0.15, 0.2) is 5.65 Å². The van der Waals surface area contributed by atoms with Crippen LogP contribution in [0.5, 0.6) is 0 Å². The second-order valence-electron chi connectivity index (χ2n) is 3.96. The van der Waals surface area contributed by atoms with Crippen molar-refractivity contribution in [2.75, 3.05) is 7.05 Å². The molecule has 0 spiro atoms. The van der Waals surface area contributed by atoms with Crippen LogP contribution in [0, 0.1) is 0 Å². The zero-order valence-corrected chi connectivity index (χ0v) is 10.2. The summed E-state index contributed by atoms with van der Waals surface area (Å²) >= 11 is 0. The summed E-state index contributed by atoms with van der Waals surface area (Å²) in [6.07, 6.45) is 6.69. The molecule has 6 heteroatoms. The molecule has 0 bridgehead atoms. The van der Waals surface area contributed by atoms with Gasteiger partial charge in [0, 0.05) is 31.0 Å². The smallest absolute Gasteiger partial charge is 0.253 e. The van der Waals surface area contributed by atoms with Crippen molar-refractivity contribution in [2.24, 2.45) is 0 Å². The number of aromatic nitrogens is 4. The van der Waals surface area contributed by atoms with E-state index in [0.29, 0.717) is 16.9 Å². The first-order valence-corrected chi connectivity index (χ1v) is 5.76. The average Bonchev–Trinajstić information content (AvgIpc) is 2.90. The van der Waals surface area contributed by atoms with Gasteiger partial charge in [-0.15, -0.1) is 5.10 Å². The number of amides is 1. The molecule has 1 N–H and O–H groups in total. The van der Waals surface area contributed by atoms with Crippen LogP contribution in [-0.2, 0) is 0 Å². The second-order valence-corrected chi connectivity index (χ2v) is 3.96. The van der Waals surface area contributed by atoms with Crippen LogP contribution in [0.25, 0.3) is 16.7 Å². The highest BCUT2D eigenvalue weighted by molar-refractivity contribution is 5.97. The standard InChI is InChI=1S/C13H11N5O/c1-14-13(19)10-4-6-15-7-11(10)18-8-9-3-2-5-16-12(9)17-18/h2-8H,1H3,(H,14,19). The lowest BCUT2D eigenvalue weighted by molar-refractivity contribution is 0.0963. The summed E-state index contributed by atoms with van der Waals surface area (Å²) in [5.74, 6) is -0.176. The third-order valence-corrected chi connectivity index (χ3v) is 2.80. The summed E-state index contributed by atoms with van der Waals surface area (Å²) in [5, 5.41) is 7.86. The summed E-state index contributed by atoms with van der Waals surface area (Å²) in [7, 11) is 1.59. The Morgan fingerprint density at radius 2 is 2.21 bits per heavy atom. The molecule has 0 radical (unpaired) electrons. The van der Waals surface area contributed by atoms with Gasteiger partial charge in [0.05, 0.1) is 17.4 Å². The van der Waals surface area contributed by atoms with Crippen molar-refractivity contribution in [2.45, 2.75) is 0 Å². The van der Waals surface area contributed by atoms with Gasteiger partial charge in [0.2, 0.25) is 0 Å². The van der Waals surface area contributed by atoms with Gasteiger partial charge >= 0.3 is 0 Å². The van der Waals surface area contributed by atoms with Crippen LogP contribution >= 0.6 is 0 Å². The summed E-state index contributed by atoms with van der Waals surface area (Å²) in [5.41, 5.74) is 1.78. The van der Waals surface area contributed by atoms with Crippen LogP contribution in [0.1, 0.15) is 10.4 Å². The Labute approximate surface area is 109 Å². The summed E-state index contributed by atoms with van der Waals surface area (Å²) in [6.45, 7) is 0. The highest BCUT2D eigenvalue weighted by Gasteiger charge is 2.12. The van der Waals surface area contributed by atoms with Gasteiger partial charge in [-0.2, -0.15) is 0 Å². The van der Waals surface area contributed by atoms with E-state index in [1.807, 2.05) is 18.3 Å². The van der Waals surface area contributed by atoms with E-state index in [1.54, 1.807) is 36.4 Å². The van der Waals surface area contributed by atoms with Crippen molar-refractivity contribution in [3.8, 4) is 5.69 Å². The predicted molar refractivity (Wildman–Crippen MR) is 70.1 cm³/mol. The van der Waals surface area contributed by atoms with Crippen molar-refractivity contribution < 1.29 is 4.79 Å². The molecule has 0 fully saturated rings. The molecule has 0 saturated heterocycles. The zero-order chi connectivity index (χ0) is 13.2. The Bertz CT molecular complexity index is 716. The van der Waals surface area contributed by atoms with Crippen LogP contribution in [-0.4, -0.2) is 32.7 Å². The van der Waals surface area contributed by atoms with E-state index in [0.717, 1.165) is 5.39 Å². The van der Waals surface area contributed by atoms with Gasteiger partial charge < -0.3 is 5.32 Å². The van der Waals surface area contributed by atoms with E-state index in [1.165, 1.54) is 0 Å². The molecule has 0 aliphatic rings. The van der Waals surface area contributed by atoms with Gasteiger partial charge in [-0.1, -0.05) is 0 Å². The second kappa shape index (κ2) is 4.49. The van der Waals surface area contributed by atoms with Crippen LogP contribution in [0.2, 0.25) is 0 Å². The highest BCUT2D eigenvalue weighted by atomic mass is 16.1. The number of rotatable bonds is 2. The molecule has 0 aromatic carbocycles. The summed E-state index contributed by atoms with van der Waals surface area (Å²) in [4.78, 5) is 20.0. The lowest BCUT2D eigenvalue weighted by Crippen LogP contribution is -2.20. The molecule has 0 aliphatic heterocycles. The molecule has 3 aromatic heterocycles. The van der Waals surface area contributed by atoms with E-state index >= 15 is 0 Å². The fourth-order valence-electron chi connectivity index (χ4n) is 1.88. The minimum atomic E-state index is -0.176. The molecular weight excluding hydrogens is 242 g/mol. The first-order chi connectivity index (χ1) is 9.29. The normalized spacial score (nSPS) is 10.6. The van der Waals surface area contributed by atoms with Crippen molar-refractivity contribution in [1.29, 1.82) is 0 Å². The fraction of sp³-hybridized carbons (Fsp3) is 0.0769. The van der Waals surface area contributed by atoms with Gasteiger partial charge in [-0.05, 0) is 18.2 Å². The molecule has 3 rings (SSSR count). The molecular formula is C13H11N5O. The Hall–Kier alpha value is -2.76. The van der Waals surface area contributed by atoms with Crippen LogP contribution in [0.15, 0.2) is 43.0 Å². The number of hydrogen-bond donors (Lipinski definition) is 1. The molecule has 94 valence electrons. The Balaban J connectivity index is 2.18. The van der Waals surface area contributed by atoms with Gasteiger partial charge in [-0.25, -0.2) is 9.67 Å². The molecule has 3 heterocycles. The van der Waals surface area contributed by atoms with Gasteiger partial charge in [0.25, 0.3) is 5.91 Å². The van der Waals surface area contributed by atoms with E-state index in [9.17, 15) is 4.79 Å². The minimum absolute atomic E-state index is 0.176.